The maximum Gasteiger partial charge on any atom is 0.265 e. The predicted octanol–water partition coefficient (Wildman–Crippen LogP) is 4.02. The lowest BCUT2D eigenvalue weighted by atomic mass is 10.1. The highest BCUT2D eigenvalue weighted by Crippen LogP contribution is 2.24. The number of anilines is 1. The summed E-state index contributed by atoms with van der Waals surface area (Å²) in [7, 11) is -3.75. The number of sulfonamides is 1. The molecule has 0 fully saturated rings. The van der Waals surface area contributed by atoms with Gasteiger partial charge >= 0.3 is 0 Å². The Morgan fingerprint density at radius 2 is 1.84 bits per heavy atom. The molecular weight excluding hydrogens is 336 g/mol. The number of hydrogen-bond acceptors (Lipinski definition) is 4. The molecule has 0 amide bonds. The minimum absolute atomic E-state index is 0.0864. The van der Waals surface area contributed by atoms with Gasteiger partial charge in [0.1, 0.15) is 11.6 Å². The highest BCUT2D eigenvalue weighted by Gasteiger charge is 2.26. The Hall–Kier alpha value is -2.60. The molecule has 2 aromatic heterocycles. The highest BCUT2D eigenvalue weighted by atomic mass is 32.2. The van der Waals surface area contributed by atoms with Crippen LogP contribution >= 0.6 is 0 Å². The van der Waals surface area contributed by atoms with Gasteiger partial charge in [-0.2, -0.15) is 0 Å². The van der Waals surface area contributed by atoms with E-state index >= 15 is 0 Å². The van der Waals surface area contributed by atoms with Crippen LogP contribution < -0.4 is 4.31 Å². The topological polar surface area (TPSA) is 63.4 Å². The monoisotopic (exact) mass is 356 g/mol. The van der Waals surface area contributed by atoms with E-state index < -0.39 is 10.0 Å². The van der Waals surface area contributed by atoms with Crippen LogP contribution in [0.15, 0.2) is 76.4 Å². The molecule has 0 aliphatic rings. The van der Waals surface area contributed by atoms with Crippen LogP contribution in [0.4, 0.5) is 5.82 Å². The summed E-state index contributed by atoms with van der Waals surface area (Å²) in [6, 6.07) is 15.7. The van der Waals surface area contributed by atoms with Gasteiger partial charge in [0.05, 0.1) is 17.7 Å². The van der Waals surface area contributed by atoms with Crippen molar-refractivity contribution in [3.05, 3.63) is 78.4 Å². The van der Waals surface area contributed by atoms with Crippen LogP contribution in [0.5, 0.6) is 0 Å². The van der Waals surface area contributed by atoms with E-state index in [1.165, 1.54) is 10.6 Å². The van der Waals surface area contributed by atoms with Crippen molar-refractivity contribution in [1.29, 1.82) is 0 Å². The lowest BCUT2D eigenvalue weighted by Gasteiger charge is -2.22. The van der Waals surface area contributed by atoms with E-state index in [2.05, 4.69) is 11.9 Å². The van der Waals surface area contributed by atoms with E-state index in [4.69, 9.17) is 4.42 Å². The lowest BCUT2D eigenvalue weighted by molar-refractivity contribution is 0.508. The molecule has 0 atom stereocenters. The third-order valence-electron chi connectivity index (χ3n) is 3.83. The second-order valence-electron chi connectivity index (χ2n) is 5.67. The Morgan fingerprint density at radius 1 is 1.04 bits per heavy atom. The van der Waals surface area contributed by atoms with Gasteiger partial charge in [0.15, 0.2) is 0 Å². The van der Waals surface area contributed by atoms with E-state index in [1.54, 1.807) is 48.7 Å². The Morgan fingerprint density at radius 3 is 2.44 bits per heavy atom. The van der Waals surface area contributed by atoms with Gasteiger partial charge in [-0.25, -0.2) is 17.7 Å². The number of aryl methyl sites for hydroxylation is 1. The standard InChI is InChI=1S/C19H20N2O3S/c1-2-6-16-9-11-18(12-10-16)25(22,23)21(15-17-7-5-14-24-17)19-8-3-4-13-20-19/h3-5,7-14H,2,6,15H2,1H3. The molecule has 130 valence electrons. The lowest BCUT2D eigenvalue weighted by Crippen LogP contribution is -2.31. The largest absolute Gasteiger partial charge is 0.467 e. The second kappa shape index (κ2) is 7.53. The summed E-state index contributed by atoms with van der Waals surface area (Å²) < 4.78 is 32.9. The smallest absolute Gasteiger partial charge is 0.265 e. The zero-order valence-corrected chi connectivity index (χ0v) is 14.8. The van der Waals surface area contributed by atoms with Crippen LogP contribution in [0.3, 0.4) is 0 Å². The summed E-state index contributed by atoms with van der Waals surface area (Å²) in [5.41, 5.74) is 1.12. The van der Waals surface area contributed by atoms with Crippen LogP contribution in [0.1, 0.15) is 24.7 Å². The van der Waals surface area contributed by atoms with Crippen LogP contribution in [0.25, 0.3) is 0 Å². The zero-order valence-electron chi connectivity index (χ0n) is 14.0. The molecular formula is C19H20N2O3S. The molecule has 0 radical (unpaired) electrons. The molecule has 0 aliphatic heterocycles. The van der Waals surface area contributed by atoms with Crippen LogP contribution in [-0.4, -0.2) is 13.4 Å². The van der Waals surface area contributed by atoms with Crippen LogP contribution in [0.2, 0.25) is 0 Å². The predicted molar refractivity (Wildman–Crippen MR) is 96.8 cm³/mol. The number of furan rings is 1. The number of hydrogen-bond donors (Lipinski definition) is 0. The van der Waals surface area contributed by atoms with Crippen molar-refractivity contribution in [2.45, 2.75) is 31.2 Å². The van der Waals surface area contributed by atoms with Crippen molar-refractivity contribution in [3.63, 3.8) is 0 Å². The average Bonchev–Trinajstić information content (AvgIpc) is 3.14. The normalized spacial score (nSPS) is 11.4. The minimum Gasteiger partial charge on any atom is -0.467 e. The summed E-state index contributed by atoms with van der Waals surface area (Å²) in [5.74, 6) is 0.911. The van der Waals surface area contributed by atoms with Gasteiger partial charge < -0.3 is 4.42 Å². The summed E-state index contributed by atoms with van der Waals surface area (Å²) in [4.78, 5) is 4.44. The quantitative estimate of drug-likeness (QED) is 0.641. The van der Waals surface area contributed by atoms with Gasteiger partial charge in [0.2, 0.25) is 0 Å². The molecule has 3 aromatic rings. The summed E-state index contributed by atoms with van der Waals surface area (Å²) >= 11 is 0. The third kappa shape index (κ3) is 3.91. The summed E-state index contributed by atoms with van der Waals surface area (Å²) in [6.07, 6.45) is 5.05. The average molecular weight is 356 g/mol. The fraction of sp³-hybridized carbons (Fsp3) is 0.211. The number of aromatic nitrogens is 1. The van der Waals surface area contributed by atoms with Crippen LogP contribution in [-0.2, 0) is 23.0 Å². The first-order chi connectivity index (χ1) is 12.1. The number of benzene rings is 1. The Kier molecular flexibility index (Phi) is 5.19. The van der Waals surface area contributed by atoms with Gasteiger partial charge in [0.25, 0.3) is 10.0 Å². The van der Waals surface area contributed by atoms with Gasteiger partial charge in [-0.3, -0.25) is 0 Å². The molecule has 0 spiro atoms. The summed E-state index contributed by atoms with van der Waals surface area (Å²) in [6.45, 7) is 2.18. The molecule has 0 unspecified atom stereocenters. The van der Waals surface area contributed by atoms with Gasteiger partial charge in [0, 0.05) is 6.20 Å². The highest BCUT2D eigenvalue weighted by molar-refractivity contribution is 7.92. The molecule has 0 N–H and O–H groups in total. The fourth-order valence-electron chi connectivity index (χ4n) is 2.58. The summed E-state index contributed by atoms with van der Waals surface area (Å²) in [5, 5.41) is 0. The van der Waals surface area contributed by atoms with Crippen molar-refractivity contribution in [3.8, 4) is 0 Å². The SMILES string of the molecule is CCCc1ccc(S(=O)(=O)N(Cc2ccco2)c2ccccn2)cc1. The molecule has 1 aromatic carbocycles. The van der Waals surface area contributed by atoms with E-state index in [0.717, 1.165) is 18.4 Å². The van der Waals surface area contributed by atoms with Crippen molar-refractivity contribution in [1.82, 2.24) is 4.98 Å². The van der Waals surface area contributed by atoms with E-state index in [9.17, 15) is 8.42 Å². The van der Waals surface area contributed by atoms with Crippen molar-refractivity contribution < 1.29 is 12.8 Å². The first kappa shape index (κ1) is 17.2. The Bertz CT molecular complexity index is 890. The van der Waals surface area contributed by atoms with Gasteiger partial charge in [-0.1, -0.05) is 31.5 Å². The number of rotatable bonds is 7. The fourth-order valence-corrected chi connectivity index (χ4v) is 3.96. The first-order valence-electron chi connectivity index (χ1n) is 8.16. The first-order valence-corrected chi connectivity index (χ1v) is 9.60. The van der Waals surface area contributed by atoms with Crippen LogP contribution in [0, 0.1) is 0 Å². The Balaban J connectivity index is 1.98. The molecule has 0 saturated carbocycles. The molecule has 6 heteroatoms. The van der Waals surface area contributed by atoms with Crippen molar-refractivity contribution >= 4 is 15.8 Å². The van der Waals surface area contributed by atoms with Crippen molar-refractivity contribution in [2.24, 2.45) is 0 Å². The maximum absolute atomic E-state index is 13.2. The second-order valence-corrected chi connectivity index (χ2v) is 7.54. The molecule has 0 aliphatic carbocycles. The zero-order chi connectivity index (χ0) is 17.7. The molecule has 0 saturated heterocycles. The molecule has 25 heavy (non-hydrogen) atoms. The van der Waals surface area contributed by atoms with E-state index in [-0.39, 0.29) is 11.4 Å². The molecule has 0 bridgehead atoms. The van der Waals surface area contributed by atoms with E-state index in [0.29, 0.717) is 11.6 Å². The van der Waals surface area contributed by atoms with Gasteiger partial charge in [-0.05, 0) is 48.4 Å². The van der Waals surface area contributed by atoms with Crippen molar-refractivity contribution in [2.75, 3.05) is 4.31 Å². The maximum atomic E-state index is 13.2. The molecule has 3 rings (SSSR count). The third-order valence-corrected chi connectivity index (χ3v) is 5.60. The Labute approximate surface area is 148 Å². The number of pyridine rings is 1. The number of nitrogens with zero attached hydrogens (tertiary/aromatic N) is 2. The van der Waals surface area contributed by atoms with E-state index in [1.807, 2.05) is 12.1 Å². The molecule has 2 heterocycles. The molecule has 5 nitrogen and oxygen atoms in total. The minimum atomic E-state index is -3.75. The van der Waals surface area contributed by atoms with Gasteiger partial charge in [-0.15, -0.1) is 0 Å².